The van der Waals surface area contributed by atoms with Crippen LogP contribution in [0, 0.1) is 0 Å². The Balaban J connectivity index is 4.44. The van der Waals surface area contributed by atoms with Crippen molar-refractivity contribution in [3.63, 3.8) is 0 Å². The first-order valence-corrected chi connectivity index (χ1v) is 22.1. The summed E-state index contributed by atoms with van der Waals surface area (Å²) in [4.78, 5) is 37.6. The van der Waals surface area contributed by atoms with Crippen LogP contribution in [0.15, 0.2) is 48.6 Å². The maximum absolute atomic E-state index is 12.7. The molecular weight excluding hydrogens is 661 g/mol. The minimum atomic E-state index is -0.795. The second-order valence-electron chi connectivity index (χ2n) is 14.6. The highest BCUT2D eigenvalue weighted by Gasteiger charge is 2.19. The van der Waals surface area contributed by atoms with Crippen molar-refractivity contribution in [2.24, 2.45) is 0 Å². The molecule has 0 fully saturated rings. The van der Waals surface area contributed by atoms with Crippen molar-refractivity contribution >= 4 is 17.9 Å². The number of ether oxygens (including phenoxy) is 3. The summed E-state index contributed by atoms with van der Waals surface area (Å²) in [5, 5.41) is 0. The lowest BCUT2D eigenvalue weighted by atomic mass is 10.1. The molecule has 1 unspecified atom stereocenters. The van der Waals surface area contributed by atoms with Gasteiger partial charge in [0.25, 0.3) is 0 Å². The van der Waals surface area contributed by atoms with E-state index in [1.54, 1.807) is 0 Å². The van der Waals surface area contributed by atoms with Gasteiger partial charge in [-0.25, -0.2) is 0 Å². The SMILES string of the molecule is CC/C=C\C/C=C\CCCCC(=O)OCC(COC(=O)CCCCC/C=C\CCCCCCCC)OC(=O)CCCCC/C=C\CCCCCCCC. The number of unbranched alkanes of at least 4 members (excludes halogenated alkanes) is 20. The van der Waals surface area contributed by atoms with Gasteiger partial charge in [0.2, 0.25) is 0 Å². The van der Waals surface area contributed by atoms with E-state index in [9.17, 15) is 14.4 Å². The molecule has 0 aromatic rings. The van der Waals surface area contributed by atoms with Gasteiger partial charge in [0, 0.05) is 19.3 Å². The molecule has 0 saturated carbocycles. The predicted molar refractivity (Wildman–Crippen MR) is 224 cm³/mol. The summed E-state index contributed by atoms with van der Waals surface area (Å²) in [5.41, 5.74) is 0. The van der Waals surface area contributed by atoms with Gasteiger partial charge in [-0.2, -0.15) is 0 Å². The van der Waals surface area contributed by atoms with E-state index in [0.29, 0.717) is 19.3 Å². The lowest BCUT2D eigenvalue weighted by Gasteiger charge is -2.18. The second kappa shape index (κ2) is 42.1. The fourth-order valence-electron chi connectivity index (χ4n) is 5.94. The third kappa shape index (κ3) is 40.4. The first-order chi connectivity index (χ1) is 26.0. The third-order valence-electron chi connectivity index (χ3n) is 9.29. The van der Waals surface area contributed by atoms with Gasteiger partial charge in [-0.1, -0.05) is 146 Å². The number of rotatable bonds is 39. The highest BCUT2D eigenvalue weighted by atomic mass is 16.6. The van der Waals surface area contributed by atoms with Gasteiger partial charge in [0.15, 0.2) is 6.10 Å². The Morgan fingerprint density at radius 3 is 1.19 bits per heavy atom. The van der Waals surface area contributed by atoms with Crippen LogP contribution in [0.25, 0.3) is 0 Å². The van der Waals surface area contributed by atoms with Crippen molar-refractivity contribution in [3.8, 4) is 0 Å². The summed E-state index contributed by atoms with van der Waals surface area (Å²) in [5.74, 6) is -0.970. The summed E-state index contributed by atoms with van der Waals surface area (Å²) in [7, 11) is 0. The monoisotopic (exact) mass is 743 g/mol. The van der Waals surface area contributed by atoms with Crippen LogP contribution in [0.3, 0.4) is 0 Å². The minimum Gasteiger partial charge on any atom is -0.462 e. The molecule has 0 aromatic carbocycles. The molecule has 0 bridgehead atoms. The molecule has 0 radical (unpaired) electrons. The van der Waals surface area contributed by atoms with Crippen LogP contribution in [-0.4, -0.2) is 37.2 Å². The molecule has 0 saturated heterocycles. The van der Waals surface area contributed by atoms with E-state index >= 15 is 0 Å². The van der Waals surface area contributed by atoms with E-state index in [-0.39, 0.29) is 31.1 Å². The molecule has 0 aliphatic rings. The molecule has 0 N–H and O–H groups in total. The van der Waals surface area contributed by atoms with Gasteiger partial charge in [-0.15, -0.1) is 0 Å². The van der Waals surface area contributed by atoms with Crippen molar-refractivity contribution in [2.75, 3.05) is 13.2 Å². The summed E-state index contributed by atoms with van der Waals surface area (Å²) >= 11 is 0. The quantitative estimate of drug-likeness (QED) is 0.0270. The first kappa shape index (κ1) is 50.4. The molecule has 0 amide bonds. The zero-order valence-corrected chi connectivity index (χ0v) is 34.8. The molecule has 53 heavy (non-hydrogen) atoms. The van der Waals surface area contributed by atoms with E-state index in [1.165, 1.54) is 77.0 Å². The van der Waals surface area contributed by atoms with Crippen molar-refractivity contribution in [3.05, 3.63) is 48.6 Å². The molecule has 6 heteroatoms. The lowest BCUT2D eigenvalue weighted by molar-refractivity contribution is -0.167. The van der Waals surface area contributed by atoms with Crippen molar-refractivity contribution < 1.29 is 28.6 Å². The van der Waals surface area contributed by atoms with Crippen LogP contribution in [0.5, 0.6) is 0 Å². The van der Waals surface area contributed by atoms with Gasteiger partial charge in [-0.05, 0) is 96.3 Å². The fourth-order valence-corrected chi connectivity index (χ4v) is 5.94. The summed E-state index contributed by atoms with van der Waals surface area (Å²) < 4.78 is 16.6. The van der Waals surface area contributed by atoms with E-state index < -0.39 is 6.10 Å². The normalized spacial score (nSPS) is 12.4. The number of carbonyl (C=O) groups excluding carboxylic acids is 3. The Morgan fingerprint density at radius 2 is 0.736 bits per heavy atom. The van der Waals surface area contributed by atoms with E-state index in [1.807, 2.05) is 0 Å². The average molecular weight is 743 g/mol. The molecule has 0 rings (SSSR count). The van der Waals surface area contributed by atoms with Crippen molar-refractivity contribution in [1.82, 2.24) is 0 Å². The Morgan fingerprint density at radius 1 is 0.396 bits per heavy atom. The summed E-state index contributed by atoms with van der Waals surface area (Å²) in [6, 6.07) is 0. The van der Waals surface area contributed by atoms with Crippen LogP contribution in [0.1, 0.15) is 213 Å². The predicted octanol–water partition coefficient (Wildman–Crippen LogP) is 14.0. The van der Waals surface area contributed by atoms with Gasteiger partial charge >= 0.3 is 17.9 Å². The van der Waals surface area contributed by atoms with E-state index in [2.05, 4.69) is 69.4 Å². The van der Waals surface area contributed by atoms with Crippen LogP contribution < -0.4 is 0 Å². The number of allylic oxidation sites excluding steroid dienone is 8. The van der Waals surface area contributed by atoms with E-state index in [4.69, 9.17) is 14.2 Å². The maximum atomic E-state index is 12.7. The lowest BCUT2D eigenvalue weighted by Crippen LogP contribution is -2.30. The summed E-state index contributed by atoms with van der Waals surface area (Å²) in [6.45, 7) is 6.42. The number of esters is 3. The molecule has 0 aliphatic carbocycles. The van der Waals surface area contributed by atoms with Crippen molar-refractivity contribution in [2.45, 2.75) is 219 Å². The molecule has 0 heterocycles. The van der Waals surface area contributed by atoms with Crippen LogP contribution in [0.4, 0.5) is 0 Å². The molecule has 6 nitrogen and oxygen atoms in total. The standard InChI is InChI=1S/C47H82O6/c1-4-7-10-13-16-19-21-23-25-28-31-34-37-40-46(49)52-43-44(42-51-45(48)39-36-33-30-27-18-15-12-9-6-3)53-47(50)41-38-35-32-29-26-24-22-20-17-14-11-8-5-2/h9,12,18,23-27,44H,4-8,10-11,13-17,19-22,28-43H2,1-3H3/b12-9-,25-23-,26-24-,27-18-. The van der Waals surface area contributed by atoms with Gasteiger partial charge in [-0.3, -0.25) is 14.4 Å². The number of hydrogen-bond donors (Lipinski definition) is 0. The average Bonchev–Trinajstić information content (AvgIpc) is 3.15. The fraction of sp³-hybridized carbons (Fsp3) is 0.766. The Labute approximate surface area is 327 Å². The molecule has 306 valence electrons. The smallest absolute Gasteiger partial charge is 0.306 e. The third-order valence-corrected chi connectivity index (χ3v) is 9.29. The molecular formula is C47H82O6. The number of carbonyl (C=O) groups is 3. The van der Waals surface area contributed by atoms with Crippen LogP contribution in [0.2, 0.25) is 0 Å². The number of hydrogen-bond acceptors (Lipinski definition) is 6. The first-order valence-electron chi connectivity index (χ1n) is 22.1. The largest absolute Gasteiger partial charge is 0.462 e. The Bertz CT molecular complexity index is 949. The summed E-state index contributed by atoms with van der Waals surface area (Å²) in [6.07, 6.45) is 48.2. The highest BCUT2D eigenvalue weighted by molar-refractivity contribution is 5.71. The van der Waals surface area contributed by atoms with E-state index in [0.717, 1.165) is 96.3 Å². The van der Waals surface area contributed by atoms with Gasteiger partial charge < -0.3 is 14.2 Å². The maximum Gasteiger partial charge on any atom is 0.306 e. The molecule has 1 atom stereocenters. The second-order valence-corrected chi connectivity index (χ2v) is 14.6. The van der Waals surface area contributed by atoms with Gasteiger partial charge in [0.1, 0.15) is 13.2 Å². The Kier molecular flexibility index (Phi) is 40.0. The minimum absolute atomic E-state index is 0.0975. The van der Waals surface area contributed by atoms with Crippen LogP contribution in [-0.2, 0) is 28.6 Å². The molecule has 0 aliphatic heterocycles. The van der Waals surface area contributed by atoms with Crippen LogP contribution >= 0.6 is 0 Å². The Hall–Kier alpha value is -2.63. The van der Waals surface area contributed by atoms with Crippen molar-refractivity contribution in [1.29, 1.82) is 0 Å². The molecule has 0 aromatic heterocycles. The zero-order valence-electron chi connectivity index (χ0n) is 34.8. The molecule has 0 spiro atoms. The van der Waals surface area contributed by atoms with Gasteiger partial charge in [0.05, 0.1) is 0 Å². The highest BCUT2D eigenvalue weighted by Crippen LogP contribution is 2.12. The zero-order chi connectivity index (χ0) is 38.7. The topological polar surface area (TPSA) is 78.9 Å².